The minimum absolute atomic E-state index is 0.0436. The summed E-state index contributed by atoms with van der Waals surface area (Å²) in [6.07, 6.45) is -4.74. The monoisotopic (exact) mass is 323 g/mol. The molecular formula is C13H16F3NO3S. The number of aliphatic hydroxyl groups excluding tert-OH is 1. The molecule has 8 heteroatoms. The molecule has 1 fully saturated rings. The first-order chi connectivity index (χ1) is 9.76. The number of sulfonamides is 1. The standard InChI is InChI=1S/C13H16F3NO3S/c14-13(15,16)11-5-7-17(8-6-11)21(19,20)12-4-2-1-3-10(12)9-18/h1-4,11,18H,5-9H2. The summed E-state index contributed by atoms with van der Waals surface area (Å²) in [5.74, 6) is -1.45. The van der Waals surface area contributed by atoms with E-state index in [4.69, 9.17) is 0 Å². The third-order valence-corrected chi connectivity index (χ3v) is 5.68. The summed E-state index contributed by atoms with van der Waals surface area (Å²) < 4.78 is 63.8. The lowest BCUT2D eigenvalue weighted by Crippen LogP contribution is -2.42. The summed E-state index contributed by atoms with van der Waals surface area (Å²) in [5.41, 5.74) is 0.246. The van der Waals surface area contributed by atoms with Crippen LogP contribution in [0, 0.1) is 5.92 Å². The van der Waals surface area contributed by atoms with E-state index in [9.17, 15) is 26.7 Å². The zero-order valence-electron chi connectivity index (χ0n) is 11.2. The number of hydrogen-bond acceptors (Lipinski definition) is 3. The molecule has 1 N–H and O–H groups in total. The molecule has 0 spiro atoms. The van der Waals surface area contributed by atoms with E-state index >= 15 is 0 Å². The van der Waals surface area contributed by atoms with Gasteiger partial charge in [0, 0.05) is 13.1 Å². The molecule has 1 heterocycles. The van der Waals surface area contributed by atoms with Crippen molar-refractivity contribution >= 4 is 10.0 Å². The lowest BCUT2D eigenvalue weighted by molar-refractivity contribution is -0.182. The number of piperidine rings is 1. The SMILES string of the molecule is O=S(=O)(c1ccccc1CO)N1CCC(C(F)(F)F)CC1. The van der Waals surface area contributed by atoms with Gasteiger partial charge in [0.1, 0.15) is 0 Å². The molecule has 118 valence electrons. The number of halogens is 3. The molecule has 0 aliphatic carbocycles. The van der Waals surface area contributed by atoms with Crippen LogP contribution in [0.5, 0.6) is 0 Å². The predicted molar refractivity (Wildman–Crippen MR) is 69.9 cm³/mol. The van der Waals surface area contributed by atoms with Crippen molar-refractivity contribution in [3.05, 3.63) is 29.8 Å². The van der Waals surface area contributed by atoms with E-state index in [1.54, 1.807) is 6.07 Å². The summed E-state index contributed by atoms with van der Waals surface area (Å²) in [7, 11) is -3.87. The Hall–Kier alpha value is -1.12. The third kappa shape index (κ3) is 3.38. The lowest BCUT2D eigenvalue weighted by atomic mass is 9.98. The molecular weight excluding hydrogens is 307 g/mol. The third-order valence-electron chi connectivity index (χ3n) is 3.68. The average molecular weight is 323 g/mol. The fraction of sp³-hybridized carbons (Fsp3) is 0.538. The van der Waals surface area contributed by atoms with Crippen LogP contribution in [0.4, 0.5) is 13.2 Å². The molecule has 0 bridgehead atoms. The quantitative estimate of drug-likeness (QED) is 0.927. The van der Waals surface area contributed by atoms with Crippen LogP contribution in [0.3, 0.4) is 0 Å². The molecule has 0 aromatic heterocycles. The highest BCUT2D eigenvalue weighted by molar-refractivity contribution is 7.89. The van der Waals surface area contributed by atoms with Gasteiger partial charge in [0.15, 0.2) is 0 Å². The van der Waals surface area contributed by atoms with Gasteiger partial charge in [-0.1, -0.05) is 18.2 Å². The Balaban J connectivity index is 2.19. The molecule has 1 aliphatic heterocycles. The zero-order valence-corrected chi connectivity index (χ0v) is 12.0. The topological polar surface area (TPSA) is 57.6 Å². The smallest absolute Gasteiger partial charge is 0.391 e. The van der Waals surface area contributed by atoms with E-state index in [2.05, 4.69) is 0 Å². The van der Waals surface area contributed by atoms with Crippen molar-refractivity contribution in [2.45, 2.75) is 30.5 Å². The van der Waals surface area contributed by atoms with Crippen LogP contribution in [-0.2, 0) is 16.6 Å². The highest BCUT2D eigenvalue weighted by atomic mass is 32.2. The van der Waals surface area contributed by atoms with Crippen LogP contribution in [0.2, 0.25) is 0 Å². The van der Waals surface area contributed by atoms with Crippen LogP contribution in [-0.4, -0.2) is 37.1 Å². The Morgan fingerprint density at radius 3 is 2.29 bits per heavy atom. The second kappa shape index (κ2) is 5.94. The first-order valence-electron chi connectivity index (χ1n) is 6.52. The number of nitrogens with zero attached hydrogens (tertiary/aromatic N) is 1. The van der Waals surface area contributed by atoms with Crippen molar-refractivity contribution in [1.82, 2.24) is 4.31 Å². The van der Waals surface area contributed by atoms with Crippen LogP contribution in [0.25, 0.3) is 0 Å². The number of aliphatic hydroxyl groups is 1. The number of benzene rings is 1. The van der Waals surface area contributed by atoms with E-state index < -0.39 is 28.7 Å². The Morgan fingerprint density at radius 1 is 1.19 bits per heavy atom. The molecule has 1 aromatic rings. The maximum Gasteiger partial charge on any atom is 0.391 e. The molecule has 2 rings (SSSR count). The van der Waals surface area contributed by atoms with Crippen LogP contribution in [0.1, 0.15) is 18.4 Å². The van der Waals surface area contributed by atoms with Crippen LogP contribution < -0.4 is 0 Å². The van der Waals surface area contributed by atoms with Gasteiger partial charge in [0.2, 0.25) is 10.0 Å². The molecule has 0 saturated carbocycles. The molecule has 21 heavy (non-hydrogen) atoms. The minimum Gasteiger partial charge on any atom is -0.392 e. The van der Waals surface area contributed by atoms with E-state index in [1.165, 1.54) is 18.2 Å². The molecule has 0 radical (unpaired) electrons. The van der Waals surface area contributed by atoms with Gasteiger partial charge in [-0.3, -0.25) is 0 Å². The molecule has 0 amide bonds. The Labute approximate surface area is 121 Å². The molecule has 1 aliphatic rings. The number of rotatable bonds is 3. The Kier molecular flexibility index (Phi) is 4.60. The van der Waals surface area contributed by atoms with E-state index in [1.807, 2.05) is 0 Å². The maximum atomic E-state index is 12.6. The summed E-state index contributed by atoms with van der Waals surface area (Å²) >= 11 is 0. The van der Waals surface area contributed by atoms with Crippen LogP contribution >= 0.6 is 0 Å². The normalized spacial score (nSPS) is 18.9. The molecule has 1 saturated heterocycles. The van der Waals surface area contributed by atoms with Gasteiger partial charge in [-0.05, 0) is 24.5 Å². The average Bonchev–Trinajstić information content (AvgIpc) is 2.46. The molecule has 0 unspecified atom stereocenters. The zero-order chi connectivity index (χ0) is 15.7. The molecule has 4 nitrogen and oxygen atoms in total. The fourth-order valence-corrected chi connectivity index (χ4v) is 4.13. The van der Waals surface area contributed by atoms with Gasteiger partial charge >= 0.3 is 6.18 Å². The second-order valence-electron chi connectivity index (χ2n) is 4.99. The van der Waals surface area contributed by atoms with Gasteiger partial charge in [0.05, 0.1) is 17.4 Å². The summed E-state index contributed by atoms with van der Waals surface area (Å²) in [6.45, 7) is -0.757. The van der Waals surface area contributed by atoms with Gasteiger partial charge in [0.25, 0.3) is 0 Å². The number of hydrogen-bond donors (Lipinski definition) is 1. The van der Waals surface area contributed by atoms with E-state index in [0.29, 0.717) is 0 Å². The summed E-state index contributed by atoms with van der Waals surface area (Å²) in [6, 6.07) is 5.96. The maximum absolute atomic E-state index is 12.6. The first kappa shape index (κ1) is 16.3. The largest absolute Gasteiger partial charge is 0.392 e. The van der Waals surface area contributed by atoms with Gasteiger partial charge in [-0.25, -0.2) is 8.42 Å². The van der Waals surface area contributed by atoms with Crippen molar-refractivity contribution in [3.8, 4) is 0 Å². The number of alkyl halides is 3. The Bertz CT molecular complexity index is 593. The molecule has 0 atom stereocenters. The second-order valence-corrected chi connectivity index (χ2v) is 6.89. The van der Waals surface area contributed by atoms with Crippen molar-refractivity contribution in [1.29, 1.82) is 0 Å². The fourth-order valence-electron chi connectivity index (χ4n) is 2.45. The Morgan fingerprint density at radius 2 is 1.76 bits per heavy atom. The van der Waals surface area contributed by atoms with Crippen molar-refractivity contribution in [3.63, 3.8) is 0 Å². The van der Waals surface area contributed by atoms with Gasteiger partial charge in [-0.15, -0.1) is 0 Å². The van der Waals surface area contributed by atoms with Crippen molar-refractivity contribution in [2.75, 3.05) is 13.1 Å². The van der Waals surface area contributed by atoms with E-state index in [-0.39, 0.29) is 36.4 Å². The lowest BCUT2D eigenvalue weighted by Gasteiger charge is -2.32. The summed E-state index contributed by atoms with van der Waals surface area (Å²) in [4.78, 5) is -0.0436. The minimum atomic E-state index is -4.28. The van der Waals surface area contributed by atoms with Crippen molar-refractivity contribution in [2.24, 2.45) is 5.92 Å². The predicted octanol–water partition coefficient (Wildman–Crippen LogP) is 2.14. The highest BCUT2D eigenvalue weighted by Crippen LogP contribution is 2.35. The molecule has 1 aromatic carbocycles. The van der Waals surface area contributed by atoms with Gasteiger partial charge in [-0.2, -0.15) is 17.5 Å². The highest BCUT2D eigenvalue weighted by Gasteiger charge is 2.43. The van der Waals surface area contributed by atoms with E-state index in [0.717, 1.165) is 4.31 Å². The first-order valence-corrected chi connectivity index (χ1v) is 7.96. The summed E-state index contributed by atoms with van der Waals surface area (Å²) in [5, 5.41) is 9.20. The van der Waals surface area contributed by atoms with Gasteiger partial charge < -0.3 is 5.11 Å². The van der Waals surface area contributed by atoms with Crippen molar-refractivity contribution < 1.29 is 26.7 Å². The van der Waals surface area contributed by atoms with Crippen LogP contribution in [0.15, 0.2) is 29.2 Å².